The average Bonchev–Trinajstić information content (AvgIpc) is 3.00. The summed E-state index contributed by atoms with van der Waals surface area (Å²) >= 11 is 5.89. The van der Waals surface area contributed by atoms with Crippen molar-refractivity contribution >= 4 is 23.5 Å². The minimum atomic E-state index is -0.397. The number of benzene rings is 1. The third kappa shape index (κ3) is 5.24. The number of rotatable bonds is 6. The van der Waals surface area contributed by atoms with E-state index in [1.54, 1.807) is 12.1 Å². The molecule has 0 aromatic heterocycles. The lowest BCUT2D eigenvalue weighted by Crippen LogP contribution is -2.36. The van der Waals surface area contributed by atoms with Crippen molar-refractivity contribution < 1.29 is 14.3 Å². The summed E-state index contributed by atoms with van der Waals surface area (Å²) in [7, 11) is 0. The standard InChI is InChI=1S/C18H24ClNO3/c1-12(2)17(13-7-9-14(19)10-8-13)18(22)23-11-16(21)20-15-5-3-4-6-15/h7-10,12,15,17H,3-6,11H2,1-2H3,(H,20,21)/t17-/m0/s1. The van der Waals surface area contributed by atoms with Crippen LogP contribution in [0.25, 0.3) is 0 Å². The molecule has 126 valence electrons. The van der Waals surface area contributed by atoms with Gasteiger partial charge in [0.1, 0.15) is 0 Å². The number of amides is 1. The van der Waals surface area contributed by atoms with Crippen molar-refractivity contribution in [1.29, 1.82) is 0 Å². The molecule has 1 aliphatic carbocycles. The van der Waals surface area contributed by atoms with E-state index in [1.165, 1.54) is 0 Å². The Labute approximate surface area is 142 Å². The monoisotopic (exact) mass is 337 g/mol. The Balaban J connectivity index is 1.90. The molecule has 1 fully saturated rings. The van der Waals surface area contributed by atoms with E-state index in [2.05, 4.69) is 5.32 Å². The quantitative estimate of drug-likeness (QED) is 0.805. The van der Waals surface area contributed by atoms with E-state index in [4.69, 9.17) is 16.3 Å². The Kier molecular flexibility index (Phi) is 6.46. The van der Waals surface area contributed by atoms with Crippen molar-refractivity contribution in [2.45, 2.75) is 51.5 Å². The number of ether oxygens (including phenoxy) is 1. The molecule has 0 saturated heterocycles. The van der Waals surface area contributed by atoms with E-state index < -0.39 is 5.92 Å². The van der Waals surface area contributed by atoms with Gasteiger partial charge in [-0.3, -0.25) is 9.59 Å². The first-order valence-corrected chi connectivity index (χ1v) is 8.56. The Morgan fingerprint density at radius 1 is 1.22 bits per heavy atom. The molecule has 0 heterocycles. The van der Waals surface area contributed by atoms with Crippen molar-refractivity contribution in [1.82, 2.24) is 5.32 Å². The second kappa shape index (κ2) is 8.34. The van der Waals surface area contributed by atoms with Gasteiger partial charge in [0, 0.05) is 11.1 Å². The first-order chi connectivity index (χ1) is 11.0. The van der Waals surface area contributed by atoms with Crippen LogP contribution in [0.2, 0.25) is 5.02 Å². The van der Waals surface area contributed by atoms with Crippen molar-refractivity contribution in [2.24, 2.45) is 5.92 Å². The van der Waals surface area contributed by atoms with Gasteiger partial charge in [-0.05, 0) is 36.5 Å². The minimum Gasteiger partial charge on any atom is -0.455 e. The number of carbonyl (C=O) groups excluding carboxylic acids is 2. The predicted molar refractivity (Wildman–Crippen MR) is 90.4 cm³/mol. The van der Waals surface area contributed by atoms with Gasteiger partial charge in [-0.1, -0.05) is 50.4 Å². The maximum absolute atomic E-state index is 12.4. The van der Waals surface area contributed by atoms with Gasteiger partial charge in [0.25, 0.3) is 5.91 Å². The van der Waals surface area contributed by atoms with Crippen LogP contribution in [0.15, 0.2) is 24.3 Å². The summed E-state index contributed by atoms with van der Waals surface area (Å²) in [4.78, 5) is 24.2. The van der Waals surface area contributed by atoms with Crippen LogP contribution < -0.4 is 5.32 Å². The Morgan fingerprint density at radius 3 is 2.39 bits per heavy atom. The Hall–Kier alpha value is -1.55. The van der Waals surface area contributed by atoms with E-state index >= 15 is 0 Å². The summed E-state index contributed by atoms with van der Waals surface area (Å²) in [6.45, 7) is 3.70. The average molecular weight is 338 g/mol. The van der Waals surface area contributed by atoms with E-state index in [9.17, 15) is 9.59 Å². The Morgan fingerprint density at radius 2 is 1.83 bits per heavy atom. The van der Waals surface area contributed by atoms with E-state index in [0.717, 1.165) is 31.2 Å². The highest BCUT2D eigenvalue weighted by Gasteiger charge is 2.26. The van der Waals surface area contributed by atoms with Gasteiger partial charge < -0.3 is 10.1 Å². The van der Waals surface area contributed by atoms with Crippen LogP contribution in [-0.2, 0) is 14.3 Å². The summed E-state index contributed by atoms with van der Waals surface area (Å²) < 4.78 is 5.24. The zero-order valence-electron chi connectivity index (χ0n) is 13.7. The van der Waals surface area contributed by atoms with Crippen molar-refractivity contribution in [3.05, 3.63) is 34.9 Å². The van der Waals surface area contributed by atoms with Gasteiger partial charge in [0.05, 0.1) is 5.92 Å². The third-order valence-electron chi connectivity index (χ3n) is 4.22. The SMILES string of the molecule is CC(C)[C@H](C(=O)OCC(=O)NC1CCCC1)c1ccc(Cl)cc1. The van der Waals surface area contributed by atoms with Crippen LogP contribution in [0.3, 0.4) is 0 Å². The molecule has 0 spiro atoms. The molecule has 2 rings (SSSR count). The van der Waals surface area contributed by atoms with E-state index in [-0.39, 0.29) is 30.4 Å². The molecule has 1 saturated carbocycles. The molecule has 1 N–H and O–H groups in total. The van der Waals surface area contributed by atoms with Crippen LogP contribution in [0, 0.1) is 5.92 Å². The van der Waals surface area contributed by atoms with Crippen LogP contribution in [0.5, 0.6) is 0 Å². The molecule has 4 nitrogen and oxygen atoms in total. The van der Waals surface area contributed by atoms with Crippen molar-refractivity contribution in [3.63, 3.8) is 0 Å². The number of carbonyl (C=O) groups is 2. The summed E-state index contributed by atoms with van der Waals surface area (Å²) in [6, 6.07) is 7.40. The fourth-order valence-electron chi connectivity index (χ4n) is 3.03. The molecule has 1 aromatic rings. The Bertz CT molecular complexity index is 536. The van der Waals surface area contributed by atoms with Crippen LogP contribution in [0.1, 0.15) is 51.0 Å². The normalized spacial score (nSPS) is 16.3. The summed E-state index contributed by atoms with van der Waals surface area (Å²) in [6.07, 6.45) is 4.33. The second-order valence-corrected chi connectivity index (χ2v) is 6.87. The lowest BCUT2D eigenvalue weighted by Gasteiger charge is -2.20. The van der Waals surface area contributed by atoms with Gasteiger partial charge in [-0.2, -0.15) is 0 Å². The molecule has 1 amide bonds. The van der Waals surface area contributed by atoms with Crippen LogP contribution >= 0.6 is 11.6 Å². The zero-order chi connectivity index (χ0) is 16.8. The maximum atomic E-state index is 12.4. The zero-order valence-corrected chi connectivity index (χ0v) is 14.4. The molecule has 23 heavy (non-hydrogen) atoms. The number of halogens is 1. The van der Waals surface area contributed by atoms with Crippen LogP contribution in [0.4, 0.5) is 0 Å². The first kappa shape index (κ1) is 17.8. The number of hydrogen-bond acceptors (Lipinski definition) is 3. The van der Waals surface area contributed by atoms with Crippen molar-refractivity contribution in [2.75, 3.05) is 6.61 Å². The smallest absolute Gasteiger partial charge is 0.314 e. The van der Waals surface area contributed by atoms with Crippen molar-refractivity contribution in [3.8, 4) is 0 Å². The molecular weight excluding hydrogens is 314 g/mol. The highest BCUT2D eigenvalue weighted by Crippen LogP contribution is 2.27. The van der Waals surface area contributed by atoms with E-state index in [1.807, 2.05) is 26.0 Å². The number of esters is 1. The van der Waals surface area contributed by atoms with Gasteiger partial charge in [-0.25, -0.2) is 0 Å². The lowest BCUT2D eigenvalue weighted by molar-refractivity contribution is -0.151. The van der Waals surface area contributed by atoms with Gasteiger partial charge in [0.15, 0.2) is 6.61 Å². The fourth-order valence-corrected chi connectivity index (χ4v) is 3.16. The van der Waals surface area contributed by atoms with Gasteiger partial charge in [-0.15, -0.1) is 0 Å². The third-order valence-corrected chi connectivity index (χ3v) is 4.47. The maximum Gasteiger partial charge on any atom is 0.314 e. The highest BCUT2D eigenvalue weighted by molar-refractivity contribution is 6.30. The largest absolute Gasteiger partial charge is 0.455 e. The topological polar surface area (TPSA) is 55.4 Å². The lowest BCUT2D eigenvalue weighted by atomic mass is 9.88. The molecule has 1 aromatic carbocycles. The molecule has 1 atom stereocenters. The fraction of sp³-hybridized carbons (Fsp3) is 0.556. The predicted octanol–water partition coefficient (Wildman–Crippen LogP) is 3.68. The summed E-state index contributed by atoms with van der Waals surface area (Å²) in [5.74, 6) is -0.916. The van der Waals surface area contributed by atoms with Crippen LogP contribution in [-0.4, -0.2) is 24.5 Å². The highest BCUT2D eigenvalue weighted by atomic mass is 35.5. The number of hydrogen-bond donors (Lipinski definition) is 1. The molecule has 0 unspecified atom stereocenters. The molecule has 5 heteroatoms. The number of nitrogens with one attached hydrogen (secondary N) is 1. The summed E-state index contributed by atoms with van der Waals surface area (Å²) in [5, 5.41) is 3.54. The second-order valence-electron chi connectivity index (χ2n) is 6.43. The molecular formula is C18H24ClNO3. The summed E-state index contributed by atoms with van der Waals surface area (Å²) in [5.41, 5.74) is 0.852. The first-order valence-electron chi connectivity index (χ1n) is 8.19. The minimum absolute atomic E-state index is 0.0709. The van der Waals surface area contributed by atoms with E-state index in [0.29, 0.717) is 5.02 Å². The molecule has 0 bridgehead atoms. The van der Waals surface area contributed by atoms with Gasteiger partial charge in [0.2, 0.25) is 0 Å². The van der Waals surface area contributed by atoms with Gasteiger partial charge >= 0.3 is 5.97 Å². The molecule has 1 aliphatic rings. The molecule has 0 radical (unpaired) electrons. The molecule has 0 aliphatic heterocycles.